The molecule has 4 rings (SSSR count). The Labute approximate surface area is 185 Å². The molecule has 164 valence electrons. The average molecular weight is 449 g/mol. The van der Waals surface area contributed by atoms with Crippen molar-refractivity contribution in [2.45, 2.75) is 45.9 Å². The van der Waals surface area contributed by atoms with Gasteiger partial charge in [0.1, 0.15) is 0 Å². The molecule has 3 nitrogen and oxygen atoms in total. The minimum Gasteiger partial charge on any atom is -0.374 e. The summed E-state index contributed by atoms with van der Waals surface area (Å²) in [6.45, 7) is 7.94. The number of hydrogen-bond acceptors (Lipinski definition) is 2. The maximum Gasteiger partial charge on any atom is 0.435 e. The Hall–Kier alpha value is -2.73. The summed E-state index contributed by atoms with van der Waals surface area (Å²) in [6.07, 6.45) is -3.09. The van der Waals surface area contributed by atoms with E-state index in [-0.39, 0.29) is 11.3 Å². The highest BCUT2D eigenvalue weighted by molar-refractivity contribution is 6.32. The number of hydrogen-bond donors (Lipinski definition) is 0. The lowest BCUT2D eigenvalue weighted by molar-refractivity contribution is -0.275. The molecule has 1 atom stereocenters. The number of halogens is 4. The van der Waals surface area contributed by atoms with Gasteiger partial charge >= 0.3 is 6.18 Å². The fraction of sp³-hybridized carbons (Fsp3) is 0.292. The highest BCUT2D eigenvalue weighted by Crippen LogP contribution is 2.48. The molecule has 0 aliphatic carbocycles. The molecule has 0 N–H and O–H groups in total. The Kier molecular flexibility index (Phi) is 6.51. The number of aromatic nitrogens is 1. The molecule has 0 saturated heterocycles. The molecule has 2 aromatic carbocycles. The van der Waals surface area contributed by atoms with Gasteiger partial charge < -0.3 is 9.40 Å². The van der Waals surface area contributed by atoms with Crippen molar-refractivity contribution in [2.24, 2.45) is 5.16 Å². The Morgan fingerprint density at radius 2 is 1.71 bits per heavy atom. The normalized spacial score (nSPS) is 18.1. The van der Waals surface area contributed by atoms with Crippen molar-refractivity contribution in [2.75, 3.05) is 0 Å². The second-order valence-electron chi connectivity index (χ2n) is 7.19. The third-order valence-corrected chi connectivity index (χ3v) is 5.42. The van der Waals surface area contributed by atoms with Gasteiger partial charge in [0, 0.05) is 29.4 Å². The first-order valence-corrected chi connectivity index (χ1v) is 10.4. The molecular weight excluding hydrogens is 425 g/mol. The van der Waals surface area contributed by atoms with Gasteiger partial charge in [-0.25, -0.2) is 0 Å². The second-order valence-corrected chi connectivity index (χ2v) is 7.60. The van der Waals surface area contributed by atoms with E-state index in [9.17, 15) is 13.2 Å². The van der Waals surface area contributed by atoms with Crippen LogP contribution in [0.25, 0.3) is 5.69 Å². The van der Waals surface area contributed by atoms with Gasteiger partial charge in [0.2, 0.25) is 0 Å². The van der Waals surface area contributed by atoms with Gasteiger partial charge in [-0.15, -0.1) is 0 Å². The molecule has 0 fully saturated rings. The van der Waals surface area contributed by atoms with Crippen molar-refractivity contribution in [3.63, 3.8) is 0 Å². The molecule has 2 heterocycles. The summed E-state index contributed by atoms with van der Waals surface area (Å²) < 4.78 is 43.9. The number of alkyl halides is 3. The third kappa shape index (κ3) is 4.22. The van der Waals surface area contributed by atoms with Crippen molar-refractivity contribution in [3.8, 4) is 5.69 Å². The molecule has 1 aromatic heterocycles. The van der Waals surface area contributed by atoms with E-state index < -0.39 is 18.2 Å². The van der Waals surface area contributed by atoms with Crippen LogP contribution >= 0.6 is 11.6 Å². The van der Waals surface area contributed by atoms with Gasteiger partial charge in [0.25, 0.3) is 5.60 Å². The minimum atomic E-state index is -4.62. The van der Waals surface area contributed by atoms with Gasteiger partial charge in [-0.05, 0) is 37.6 Å². The van der Waals surface area contributed by atoms with E-state index in [1.807, 2.05) is 44.5 Å². The fourth-order valence-electron chi connectivity index (χ4n) is 3.65. The summed E-state index contributed by atoms with van der Waals surface area (Å²) in [5.74, 6) is 0. The molecule has 0 spiro atoms. The highest BCUT2D eigenvalue weighted by Gasteiger charge is 2.62. The fourth-order valence-corrected chi connectivity index (χ4v) is 3.92. The number of oxime groups is 1. The lowest BCUT2D eigenvalue weighted by atomic mass is 9.86. The quantitative estimate of drug-likeness (QED) is 0.411. The number of nitrogens with zero attached hydrogens (tertiary/aromatic N) is 2. The molecular formula is C24H24ClF3N2O. The van der Waals surface area contributed by atoms with Gasteiger partial charge in [-0.3, -0.25) is 0 Å². The highest BCUT2D eigenvalue weighted by atomic mass is 35.5. The van der Waals surface area contributed by atoms with Crippen molar-refractivity contribution in [1.82, 2.24) is 4.57 Å². The number of benzene rings is 2. The molecule has 3 aromatic rings. The topological polar surface area (TPSA) is 26.5 Å². The van der Waals surface area contributed by atoms with Crippen LogP contribution in [0.3, 0.4) is 0 Å². The van der Waals surface area contributed by atoms with E-state index >= 15 is 0 Å². The van der Waals surface area contributed by atoms with E-state index in [1.54, 1.807) is 36.4 Å². The molecule has 7 heteroatoms. The van der Waals surface area contributed by atoms with Crippen molar-refractivity contribution in [1.29, 1.82) is 0 Å². The van der Waals surface area contributed by atoms with Crippen LogP contribution < -0.4 is 0 Å². The largest absolute Gasteiger partial charge is 0.435 e. The molecule has 0 amide bonds. The van der Waals surface area contributed by atoms with Crippen molar-refractivity contribution >= 4 is 17.3 Å². The zero-order chi connectivity index (χ0) is 22.8. The third-order valence-electron chi connectivity index (χ3n) is 5.12. The zero-order valence-electron chi connectivity index (χ0n) is 17.8. The lowest BCUT2D eigenvalue weighted by Crippen LogP contribution is -2.42. The smallest absolute Gasteiger partial charge is 0.374 e. The molecule has 0 bridgehead atoms. The summed E-state index contributed by atoms with van der Waals surface area (Å²) in [6, 6.07) is 14.7. The van der Waals surface area contributed by atoms with E-state index in [0.717, 1.165) is 16.9 Å². The summed E-state index contributed by atoms with van der Waals surface area (Å²) in [5, 5.41) is 4.22. The lowest BCUT2D eigenvalue weighted by Gasteiger charge is -2.29. The first-order valence-electron chi connectivity index (χ1n) is 10.0. The molecule has 1 unspecified atom stereocenters. The van der Waals surface area contributed by atoms with E-state index in [2.05, 4.69) is 5.16 Å². The summed E-state index contributed by atoms with van der Waals surface area (Å²) in [5.41, 5.74) is 1.09. The van der Waals surface area contributed by atoms with Gasteiger partial charge in [0.05, 0.1) is 16.4 Å². The van der Waals surface area contributed by atoms with Crippen LogP contribution in [-0.2, 0) is 10.4 Å². The predicted molar refractivity (Wildman–Crippen MR) is 118 cm³/mol. The molecule has 0 saturated carbocycles. The Morgan fingerprint density at radius 1 is 1.03 bits per heavy atom. The zero-order valence-corrected chi connectivity index (χ0v) is 18.6. The first-order chi connectivity index (χ1) is 14.7. The van der Waals surface area contributed by atoms with Crippen LogP contribution in [0.4, 0.5) is 13.2 Å². The second kappa shape index (κ2) is 8.79. The van der Waals surface area contributed by atoms with E-state index in [1.165, 1.54) is 12.1 Å². The van der Waals surface area contributed by atoms with Gasteiger partial charge in [-0.2, -0.15) is 13.2 Å². The van der Waals surface area contributed by atoms with Crippen molar-refractivity contribution in [3.05, 3.63) is 88.2 Å². The molecule has 0 radical (unpaired) electrons. The molecule has 31 heavy (non-hydrogen) atoms. The Bertz CT molecular complexity index is 1090. The number of rotatable bonds is 3. The maximum absolute atomic E-state index is 14.0. The van der Waals surface area contributed by atoms with Crippen LogP contribution in [0.1, 0.15) is 42.7 Å². The summed E-state index contributed by atoms with van der Waals surface area (Å²) in [7, 11) is 0. The Balaban J connectivity index is 0.00000132. The van der Waals surface area contributed by atoms with Gasteiger partial charge in [-0.1, -0.05) is 67.0 Å². The monoisotopic (exact) mass is 448 g/mol. The van der Waals surface area contributed by atoms with Gasteiger partial charge in [0.15, 0.2) is 0 Å². The minimum absolute atomic E-state index is 0.0207. The standard InChI is InChI=1S/C22H18ClF3N2O.C2H6/c1-14-10-15(2)28(13-14)20-9-8-16(11-18(20)23)19-12-21(29-27-19,22(24,25)26)17-6-4-3-5-7-17;1-2/h3-11,13H,12H2,1-2H3;1-2H3. The summed E-state index contributed by atoms with van der Waals surface area (Å²) in [4.78, 5) is 5.05. The summed E-state index contributed by atoms with van der Waals surface area (Å²) >= 11 is 6.46. The van der Waals surface area contributed by atoms with Crippen molar-refractivity contribution < 1.29 is 18.0 Å². The molecule has 1 aliphatic rings. The molecule has 1 aliphatic heterocycles. The Morgan fingerprint density at radius 3 is 2.26 bits per heavy atom. The van der Waals surface area contributed by atoms with Crippen LogP contribution in [0.15, 0.2) is 65.9 Å². The first kappa shape index (κ1) is 22.9. The average Bonchev–Trinajstić information content (AvgIpc) is 3.34. The van der Waals surface area contributed by atoms with Crippen LogP contribution in [-0.4, -0.2) is 16.5 Å². The van der Waals surface area contributed by atoms with E-state index in [4.69, 9.17) is 16.4 Å². The maximum atomic E-state index is 14.0. The van der Waals surface area contributed by atoms with Crippen LogP contribution in [0, 0.1) is 13.8 Å². The van der Waals surface area contributed by atoms with Crippen LogP contribution in [0.5, 0.6) is 0 Å². The number of aryl methyl sites for hydroxylation is 2. The van der Waals surface area contributed by atoms with E-state index in [0.29, 0.717) is 10.6 Å². The SMILES string of the molecule is CC.Cc1cc(C)n(-c2ccc(C3=NOC(c4ccccc4)(C(F)(F)F)C3)cc2Cl)c1. The predicted octanol–water partition coefficient (Wildman–Crippen LogP) is 7.36. The van der Waals surface area contributed by atoms with Crippen LogP contribution in [0.2, 0.25) is 5.02 Å².